The largest absolute Gasteiger partial charge is 0.478 e. The van der Waals surface area contributed by atoms with Crippen molar-refractivity contribution >= 4 is 28.5 Å². The molecule has 7 nitrogen and oxygen atoms in total. The van der Waals surface area contributed by atoms with Gasteiger partial charge < -0.3 is 24.4 Å². The number of fused-ring (bicyclic) bond motifs is 5. The van der Waals surface area contributed by atoms with Crippen LogP contribution >= 0.6 is 0 Å². The van der Waals surface area contributed by atoms with E-state index < -0.39 is 5.97 Å². The van der Waals surface area contributed by atoms with E-state index in [1.165, 1.54) is 35.9 Å². The number of anilines is 1. The van der Waals surface area contributed by atoms with E-state index in [0.717, 1.165) is 36.2 Å². The number of hydrogen-bond acceptors (Lipinski definition) is 4. The summed E-state index contributed by atoms with van der Waals surface area (Å²) in [6, 6.07) is 14.0. The number of carboxylic acids is 1. The van der Waals surface area contributed by atoms with Crippen LogP contribution in [0.3, 0.4) is 0 Å². The third-order valence-electron chi connectivity index (χ3n) is 8.09. The highest BCUT2D eigenvalue weighted by atomic mass is 16.4. The summed E-state index contributed by atoms with van der Waals surface area (Å²) in [6.07, 6.45) is 6.06. The van der Waals surface area contributed by atoms with E-state index in [9.17, 15) is 14.7 Å². The fourth-order valence-corrected chi connectivity index (χ4v) is 6.05. The van der Waals surface area contributed by atoms with E-state index in [1.54, 1.807) is 6.07 Å². The average molecular weight is 503 g/mol. The van der Waals surface area contributed by atoms with Crippen molar-refractivity contribution in [1.82, 2.24) is 14.4 Å². The van der Waals surface area contributed by atoms with Gasteiger partial charge in [0, 0.05) is 55.4 Å². The summed E-state index contributed by atoms with van der Waals surface area (Å²) in [4.78, 5) is 31.2. The van der Waals surface area contributed by atoms with Crippen LogP contribution in [-0.4, -0.2) is 78.7 Å². The average Bonchev–Trinajstić information content (AvgIpc) is 3.14. The molecule has 2 aromatic carbocycles. The molecule has 0 unspecified atom stereocenters. The second-order valence-corrected chi connectivity index (χ2v) is 10.8. The number of benzene rings is 2. The van der Waals surface area contributed by atoms with Gasteiger partial charge in [0.05, 0.1) is 17.8 Å². The molecule has 1 aromatic heterocycles. The lowest BCUT2D eigenvalue weighted by atomic mass is 9.81. The minimum atomic E-state index is -0.904. The molecule has 0 saturated heterocycles. The molecular weight excluding hydrogens is 464 g/mol. The predicted molar refractivity (Wildman–Crippen MR) is 149 cm³/mol. The lowest BCUT2D eigenvalue weighted by Gasteiger charge is -2.28. The number of hydrogen-bond donors (Lipinski definition) is 1. The molecule has 2 heterocycles. The topological polar surface area (TPSA) is 69.0 Å². The molecule has 1 aliphatic heterocycles. The molecule has 2 aliphatic rings. The van der Waals surface area contributed by atoms with Gasteiger partial charge in [-0.25, -0.2) is 4.79 Å². The number of amides is 1. The van der Waals surface area contributed by atoms with Crippen LogP contribution in [0.5, 0.6) is 0 Å². The second kappa shape index (κ2) is 10.6. The number of rotatable bonds is 7. The van der Waals surface area contributed by atoms with Gasteiger partial charge in [0.1, 0.15) is 0 Å². The van der Waals surface area contributed by atoms with Crippen LogP contribution in [0, 0.1) is 0 Å². The highest BCUT2D eigenvalue weighted by Gasteiger charge is 2.31. The van der Waals surface area contributed by atoms with Crippen LogP contribution in [0.15, 0.2) is 42.5 Å². The van der Waals surface area contributed by atoms with Crippen molar-refractivity contribution in [2.45, 2.75) is 44.6 Å². The minimum Gasteiger partial charge on any atom is -0.478 e. The number of likely N-dealkylation sites (N-methyl/N-ethyl adjacent to an activating group) is 2. The normalized spacial score (nSPS) is 15.9. The first-order valence-corrected chi connectivity index (χ1v) is 13.5. The van der Waals surface area contributed by atoms with Crippen LogP contribution in [0.2, 0.25) is 0 Å². The van der Waals surface area contributed by atoms with Gasteiger partial charge in [-0.2, -0.15) is 0 Å². The molecule has 0 spiro atoms. The van der Waals surface area contributed by atoms with Crippen LogP contribution in [0.25, 0.3) is 22.2 Å². The third-order valence-corrected chi connectivity index (χ3v) is 8.09. The fourth-order valence-electron chi connectivity index (χ4n) is 6.05. The van der Waals surface area contributed by atoms with Crippen molar-refractivity contribution in [1.29, 1.82) is 0 Å². The first-order valence-electron chi connectivity index (χ1n) is 13.5. The van der Waals surface area contributed by atoms with E-state index in [0.29, 0.717) is 37.7 Å². The van der Waals surface area contributed by atoms with E-state index in [2.05, 4.69) is 32.6 Å². The maximum Gasteiger partial charge on any atom is 0.335 e. The molecule has 0 atom stereocenters. The Bertz CT molecular complexity index is 1310. The Labute approximate surface area is 219 Å². The Morgan fingerprint density at radius 1 is 0.973 bits per heavy atom. The Balaban J connectivity index is 1.60. The van der Waals surface area contributed by atoms with Crippen LogP contribution < -0.4 is 4.90 Å². The molecule has 3 aromatic rings. The summed E-state index contributed by atoms with van der Waals surface area (Å²) < 4.78 is 2.32. The second-order valence-electron chi connectivity index (χ2n) is 10.8. The van der Waals surface area contributed by atoms with Gasteiger partial charge >= 0.3 is 5.97 Å². The van der Waals surface area contributed by atoms with Crippen molar-refractivity contribution in [3.8, 4) is 11.3 Å². The molecule has 1 N–H and O–H groups in total. The first-order chi connectivity index (χ1) is 17.8. The smallest absolute Gasteiger partial charge is 0.335 e. The summed E-state index contributed by atoms with van der Waals surface area (Å²) in [5, 5.41) is 10.9. The Hall–Kier alpha value is -3.32. The van der Waals surface area contributed by atoms with Gasteiger partial charge in [-0.05, 0) is 56.6 Å². The number of carbonyl (C=O) groups is 2. The number of nitrogens with zero attached hydrogens (tertiary/aromatic N) is 4. The minimum absolute atomic E-state index is 0.105. The monoisotopic (exact) mass is 502 g/mol. The fraction of sp³-hybridized carbons (Fsp3) is 0.467. The van der Waals surface area contributed by atoms with Gasteiger partial charge in [0.15, 0.2) is 0 Å². The summed E-state index contributed by atoms with van der Waals surface area (Å²) in [7, 11) is 5.91. The van der Waals surface area contributed by atoms with Gasteiger partial charge in [-0.15, -0.1) is 0 Å². The Morgan fingerprint density at radius 2 is 1.73 bits per heavy atom. The quantitative estimate of drug-likeness (QED) is 0.498. The van der Waals surface area contributed by atoms with Gasteiger partial charge in [-0.3, -0.25) is 4.79 Å². The van der Waals surface area contributed by atoms with Gasteiger partial charge in [-0.1, -0.05) is 43.5 Å². The highest BCUT2D eigenvalue weighted by Crippen LogP contribution is 2.47. The van der Waals surface area contributed by atoms with Crippen molar-refractivity contribution in [3.05, 3.63) is 53.6 Å². The Morgan fingerprint density at radius 3 is 2.46 bits per heavy atom. The maximum absolute atomic E-state index is 13.2. The van der Waals surface area contributed by atoms with Crippen LogP contribution in [0.4, 0.5) is 5.69 Å². The summed E-state index contributed by atoms with van der Waals surface area (Å²) in [5.74, 6) is -0.339. The zero-order chi connectivity index (χ0) is 26.1. The molecular formula is C30H38N4O3. The molecule has 7 heteroatoms. The predicted octanol–water partition coefficient (Wildman–Crippen LogP) is 4.89. The highest BCUT2D eigenvalue weighted by molar-refractivity contribution is 6.00. The van der Waals surface area contributed by atoms with E-state index in [-0.39, 0.29) is 5.91 Å². The number of carboxylic acid groups (broad SMARTS) is 1. The molecule has 1 fully saturated rings. The molecule has 1 saturated carbocycles. The molecule has 0 bridgehead atoms. The van der Waals surface area contributed by atoms with Crippen molar-refractivity contribution in [2.24, 2.45) is 0 Å². The zero-order valence-electron chi connectivity index (χ0n) is 22.2. The third kappa shape index (κ3) is 4.97. The van der Waals surface area contributed by atoms with Crippen molar-refractivity contribution < 1.29 is 14.7 Å². The first kappa shape index (κ1) is 25.3. The zero-order valence-corrected chi connectivity index (χ0v) is 22.2. The van der Waals surface area contributed by atoms with Crippen molar-refractivity contribution in [3.63, 3.8) is 0 Å². The van der Waals surface area contributed by atoms with Crippen LogP contribution in [-0.2, 0) is 11.3 Å². The van der Waals surface area contributed by atoms with Gasteiger partial charge in [0.25, 0.3) is 0 Å². The lowest BCUT2D eigenvalue weighted by molar-refractivity contribution is -0.128. The molecule has 0 radical (unpaired) electrons. The van der Waals surface area contributed by atoms with Gasteiger partial charge in [0.2, 0.25) is 5.91 Å². The number of carbonyl (C=O) groups excluding carboxylic acids is 1. The summed E-state index contributed by atoms with van der Waals surface area (Å²) in [6.45, 7) is 3.22. The van der Waals surface area contributed by atoms with Crippen LogP contribution in [0.1, 0.15) is 53.9 Å². The van der Waals surface area contributed by atoms with E-state index in [1.807, 2.05) is 44.2 Å². The molecule has 196 valence electrons. The molecule has 1 aliphatic carbocycles. The number of para-hydroxylation sites is 1. The standard InChI is InChI=1S/C30H38N4O3/c1-31(2)15-16-32(3)27(35)20-33-17-18-34-26-19-22(30(36)37)13-14-23(26)28(21-9-5-4-6-10-21)29(34)24-11-7-8-12-25(24)33/h7-8,11-14,19,21H,4-6,9-10,15-18,20H2,1-3H3,(H,36,37). The summed E-state index contributed by atoms with van der Waals surface area (Å²) in [5.41, 5.74) is 6.08. The summed E-state index contributed by atoms with van der Waals surface area (Å²) >= 11 is 0. The lowest BCUT2D eigenvalue weighted by Crippen LogP contribution is -2.41. The number of aromatic nitrogens is 1. The molecule has 5 rings (SSSR count). The molecule has 37 heavy (non-hydrogen) atoms. The Kier molecular flexibility index (Phi) is 7.24. The van der Waals surface area contributed by atoms with E-state index >= 15 is 0 Å². The van der Waals surface area contributed by atoms with E-state index in [4.69, 9.17) is 0 Å². The van der Waals surface area contributed by atoms with Crippen molar-refractivity contribution in [2.75, 3.05) is 52.2 Å². The SMILES string of the molecule is CN(C)CCN(C)C(=O)CN1CCn2c(c(C3CCCCC3)c3ccc(C(=O)O)cc32)-c2ccccc21. The molecule has 1 amide bonds. The maximum atomic E-state index is 13.2. The number of aromatic carboxylic acids is 1.